The first kappa shape index (κ1) is 44.4. The lowest BCUT2D eigenvalue weighted by Gasteiger charge is -2.27. The van der Waals surface area contributed by atoms with Crippen LogP contribution in [0.1, 0.15) is 16.7 Å². The van der Waals surface area contributed by atoms with Crippen LogP contribution >= 0.6 is 11.3 Å². The normalized spacial score (nSPS) is 12.0. The van der Waals surface area contributed by atoms with Crippen LogP contribution in [0.3, 0.4) is 0 Å². The molecule has 0 saturated carbocycles. The van der Waals surface area contributed by atoms with Crippen LogP contribution < -0.4 is 0 Å². The minimum atomic E-state index is 0.374. The Labute approximate surface area is 461 Å². The van der Waals surface area contributed by atoms with Gasteiger partial charge < -0.3 is 18.3 Å². The molecule has 12 aromatic carbocycles. The highest BCUT2D eigenvalue weighted by Gasteiger charge is 2.35. The molecule has 80 heavy (non-hydrogen) atoms. The summed E-state index contributed by atoms with van der Waals surface area (Å²) in [6, 6.07) is 90.1. The van der Waals surface area contributed by atoms with Gasteiger partial charge in [0.05, 0.1) is 71.6 Å². The number of para-hydroxylation sites is 6. The Morgan fingerprint density at radius 2 is 0.725 bits per heavy atom. The zero-order chi connectivity index (χ0) is 52.9. The third-order valence-corrected chi connectivity index (χ3v) is 18.1. The number of thiophene rings is 1. The van der Waals surface area contributed by atoms with Crippen molar-refractivity contribution in [2.45, 2.75) is 6.92 Å². The summed E-state index contributed by atoms with van der Waals surface area (Å²) in [7, 11) is 0. The van der Waals surface area contributed by atoms with Crippen LogP contribution in [-0.2, 0) is 0 Å². The first-order valence-corrected chi connectivity index (χ1v) is 27.8. The highest BCUT2D eigenvalue weighted by molar-refractivity contribution is 7.26. The average molecular weight is 1040 g/mol. The van der Waals surface area contributed by atoms with E-state index in [1.165, 1.54) is 26.4 Å². The molecule has 0 unspecified atom stereocenters. The minimum Gasteiger partial charge on any atom is -0.306 e. The van der Waals surface area contributed by atoms with E-state index in [4.69, 9.17) is 0 Å². The maximum atomic E-state index is 12.7. The lowest BCUT2D eigenvalue weighted by atomic mass is 9.93. The summed E-state index contributed by atoms with van der Waals surface area (Å²) >= 11 is 1.79. The molecule has 0 N–H and O–H groups in total. The second-order valence-electron chi connectivity index (χ2n) is 21.0. The molecule has 6 nitrogen and oxygen atoms in total. The van der Waals surface area contributed by atoms with Gasteiger partial charge >= 0.3 is 0 Å². The van der Waals surface area contributed by atoms with Crippen LogP contribution in [-0.4, -0.2) is 18.3 Å². The molecular weight excluding hydrogens is 993 g/mol. The predicted octanol–water partition coefficient (Wildman–Crippen LogP) is 19.3. The van der Waals surface area contributed by atoms with Crippen molar-refractivity contribution in [2.75, 3.05) is 0 Å². The van der Waals surface area contributed by atoms with Crippen molar-refractivity contribution in [1.29, 1.82) is 10.5 Å². The highest BCUT2D eigenvalue weighted by Crippen LogP contribution is 2.51. The largest absolute Gasteiger partial charge is 0.306 e. The van der Waals surface area contributed by atoms with Gasteiger partial charge in [-0.3, -0.25) is 0 Å². The molecular formula is C73H42N6S. The Balaban J connectivity index is 1.21. The second kappa shape index (κ2) is 16.7. The predicted molar refractivity (Wildman–Crippen MR) is 334 cm³/mol. The molecule has 370 valence electrons. The summed E-state index contributed by atoms with van der Waals surface area (Å²) in [6.45, 7) is 2.20. The molecule has 5 heterocycles. The van der Waals surface area contributed by atoms with Crippen molar-refractivity contribution in [3.8, 4) is 46.0 Å². The van der Waals surface area contributed by atoms with Gasteiger partial charge in [0.1, 0.15) is 23.3 Å². The number of hydrogen-bond donors (Lipinski definition) is 0. The van der Waals surface area contributed by atoms with Crippen molar-refractivity contribution < 1.29 is 0 Å². The number of fused-ring (bicyclic) bond motifs is 17. The Morgan fingerprint density at radius 3 is 1.23 bits per heavy atom. The van der Waals surface area contributed by atoms with Gasteiger partial charge in [-0.15, -0.1) is 11.3 Å². The molecule has 0 spiro atoms. The zero-order valence-corrected chi connectivity index (χ0v) is 43.9. The van der Waals surface area contributed by atoms with Gasteiger partial charge in [0.15, 0.2) is 0 Å². The minimum absolute atomic E-state index is 0.374. The number of hydrogen-bond acceptors (Lipinski definition) is 3. The van der Waals surface area contributed by atoms with Gasteiger partial charge in [-0.25, -0.2) is 0 Å². The number of nitriles is 2. The monoisotopic (exact) mass is 1030 g/mol. The number of aryl methyl sites for hydroxylation is 1. The molecule has 0 saturated heterocycles. The number of benzene rings is 12. The van der Waals surface area contributed by atoms with Gasteiger partial charge in [-0.1, -0.05) is 188 Å². The fourth-order valence-electron chi connectivity index (χ4n) is 13.7. The Bertz CT molecular complexity index is 5350. The van der Waals surface area contributed by atoms with Crippen molar-refractivity contribution >= 4 is 130 Å². The van der Waals surface area contributed by atoms with E-state index < -0.39 is 0 Å². The van der Waals surface area contributed by atoms with Gasteiger partial charge in [0.2, 0.25) is 0 Å². The summed E-state index contributed by atoms with van der Waals surface area (Å²) in [6.07, 6.45) is 0. The molecule has 7 heteroatoms. The molecule has 0 atom stereocenters. The van der Waals surface area contributed by atoms with Crippen LogP contribution in [0.15, 0.2) is 237 Å². The van der Waals surface area contributed by atoms with Crippen LogP contribution in [0.5, 0.6) is 0 Å². The van der Waals surface area contributed by atoms with Crippen LogP contribution in [0.4, 0.5) is 0 Å². The fraction of sp³-hybridized carbons (Fsp3) is 0.0137. The summed E-state index contributed by atoms with van der Waals surface area (Å²) in [5.41, 5.74) is 14.3. The van der Waals surface area contributed by atoms with E-state index in [0.29, 0.717) is 28.2 Å². The smallest absolute Gasteiger partial charge is 0.104 e. The molecule has 0 fully saturated rings. The lowest BCUT2D eigenvalue weighted by Crippen LogP contribution is -2.17. The number of aromatic nitrogens is 4. The maximum absolute atomic E-state index is 12.7. The highest BCUT2D eigenvalue weighted by atomic mass is 32.1. The molecule has 17 rings (SSSR count). The topological polar surface area (TPSA) is 67.3 Å². The van der Waals surface area contributed by atoms with Crippen LogP contribution in [0.25, 0.3) is 152 Å². The van der Waals surface area contributed by atoms with E-state index in [-0.39, 0.29) is 0 Å². The second-order valence-corrected chi connectivity index (χ2v) is 22.0. The quantitative estimate of drug-likeness (QED) is 0.172. The molecule has 0 radical (unpaired) electrons. The third-order valence-electron chi connectivity index (χ3n) is 17.0. The van der Waals surface area contributed by atoms with E-state index >= 15 is 0 Å². The first-order chi connectivity index (χ1) is 39.6. The molecule has 0 amide bonds. The lowest BCUT2D eigenvalue weighted by molar-refractivity contribution is 1.02. The van der Waals surface area contributed by atoms with E-state index in [1.54, 1.807) is 11.3 Å². The summed E-state index contributed by atoms with van der Waals surface area (Å²) in [5, 5.41) is 38.5. The van der Waals surface area contributed by atoms with Gasteiger partial charge in [-0.2, -0.15) is 10.5 Å². The summed E-state index contributed by atoms with van der Waals surface area (Å²) in [4.78, 5) is 0. The van der Waals surface area contributed by atoms with E-state index in [0.717, 1.165) is 114 Å². The third kappa shape index (κ3) is 5.88. The molecule has 17 aromatic rings. The van der Waals surface area contributed by atoms with E-state index in [9.17, 15) is 10.5 Å². The van der Waals surface area contributed by atoms with Crippen molar-refractivity contribution in [1.82, 2.24) is 18.3 Å². The fourth-order valence-corrected chi connectivity index (χ4v) is 14.9. The Morgan fingerprint density at radius 1 is 0.325 bits per heavy atom. The van der Waals surface area contributed by atoms with Crippen molar-refractivity contribution in [3.63, 3.8) is 0 Å². The molecule has 0 aliphatic carbocycles. The first-order valence-electron chi connectivity index (χ1n) is 27.0. The summed E-state index contributed by atoms with van der Waals surface area (Å²) in [5.74, 6) is 0. The van der Waals surface area contributed by atoms with E-state index in [2.05, 4.69) is 274 Å². The van der Waals surface area contributed by atoms with Crippen LogP contribution in [0, 0.1) is 29.6 Å². The van der Waals surface area contributed by atoms with Crippen molar-refractivity contribution in [3.05, 3.63) is 253 Å². The Hall–Kier alpha value is -10.7. The Kier molecular flexibility index (Phi) is 9.25. The summed E-state index contributed by atoms with van der Waals surface area (Å²) < 4.78 is 11.6. The van der Waals surface area contributed by atoms with Gasteiger partial charge in [-0.05, 0) is 82.9 Å². The van der Waals surface area contributed by atoms with Gasteiger partial charge in [0.25, 0.3) is 0 Å². The average Bonchev–Trinajstić information content (AvgIpc) is 3.68. The zero-order valence-electron chi connectivity index (χ0n) is 43.1. The number of nitrogens with zero attached hydrogens (tertiary/aromatic N) is 6. The van der Waals surface area contributed by atoms with E-state index in [1.807, 2.05) is 0 Å². The molecule has 0 bridgehead atoms. The SMILES string of the molecule is Cc1ccc2ccccc2c1-c1ccc2c3ccc4c5ccccc5sc4c3n(-c3c(-n4c5ccccc5c5ccccc54)c(C#N)c(-n4c5ccccc5c5ccccc54)c(C#N)c3-n3c4ccccc4c4ccccc43)c2c1. The molecule has 0 aliphatic heterocycles. The standard InChI is InChI=1S/C73H42N6S/c1-43-34-35-44-18-2-3-19-46(44)67(43)45-36-37-53-55-38-39-56-54-26-10-17-33-66(54)80-73(56)71(55)79(65(53)40-45)72-69(77-61-29-13-6-22-49(61)50-23-7-14-30-62(50)77)57(41-74)68(76-59-27-11-4-20-47(59)48-21-5-12-28-60(48)76)58(42-75)70(72)78-63-31-15-8-24-51(63)52-25-9-16-32-64(52)78/h2-40H,1H3. The molecule has 5 aromatic heterocycles. The van der Waals surface area contributed by atoms with Gasteiger partial charge in [0, 0.05) is 58.6 Å². The van der Waals surface area contributed by atoms with Crippen molar-refractivity contribution in [2.24, 2.45) is 0 Å². The molecule has 0 aliphatic rings. The maximum Gasteiger partial charge on any atom is 0.104 e. The number of rotatable bonds is 5. The van der Waals surface area contributed by atoms with Crippen LogP contribution in [0.2, 0.25) is 0 Å².